The fourth-order valence-electron chi connectivity index (χ4n) is 2.65. The van der Waals surface area contributed by atoms with Crippen molar-refractivity contribution in [1.29, 1.82) is 0 Å². The van der Waals surface area contributed by atoms with Gasteiger partial charge < -0.3 is 0 Å². The maximum atomic E-state index is 11.5. The summed E-state index contributed by atoms with van der Waals surface area (Å²) in [7, 11) is 0. The summed E-state index contributed by atoms with van der Waals surface area (Å²) < 4.78 is 0. The summed E-state index contributed by atoms with van der Waals surface area (Å²) in [6.07, 6.45) is 2.39. The van der Waals surface area contributed by atoms with E-state index in [1.54, 1.807) is 5.48 Å². The van der Waals surface area contributed by atoms with Crippen LogP contribution in [0, 0.1) is 0 Å². The number of carbonyl (C=O) groups excluding carboxylic acids is 1. The summed E-state index contributed by atoms with van der Waals surface area (Å²) >= 11 is 0. The molecule has 5 heteroatoms. The minimum atomic E-state index is -0.523. The molecule has 1 aliphatic rings. The molecule has 0 fully saturated rings. The van der Waals surface area contributed by atoms with Crippen molar-refractivity contribution >= 4 is 5.91 Å². The summed E-state index contributed by atoms with van der Waals surface area (Å²) in [6, 6.07) is 12.1. The zero-order chi connectivity index (χ0) is 14.7. The monoisotopic (exact) mass is 283 g/mol. The van der Waals surface area contributed by atoms with Gasteiger partial charge in [0.2, 0.25) is 0 Å². The molecule has 2 N–H and O–H groups in total. The van der Waals surface area contributed by atoms with Crippen LogP contribution >= 0.6 is 0 Å². The van der Waals surface area contributed by atoms with E-state index in [9.17, 15) is 4.79 Å². The molecule has 2 aromatic rings. The quantitative estimate of drug-likeness (QED) is 0.665. The standard InChI is InChI=1S/C16H17N3O2/c20-16(18-21)13-8-14-11-19(7-6-15(14)17-9-13)10-12-4-2-1-3-5-12/h1-5,8-9,21H,6-7,10-11H2,(H,18,20). The molecule has 1 aliphatic heterocycles. The molecule has 0 bridgehead atoms. The van der Waals surface area contributed by atoms with Crippen molar-refractivity contribution in [3.63, 3.8) is 0 Å². The summed E-state index contributed by atoms with van der Waals surface area (Å²) in [5, 5.41) is 8.70. The summed E-state index contributed by atoms with van der Waals surface area (Å²) in [6.45, 7) is 2.61. The molecule has 0 saturated heterocycles. The highest BCUT2D eigenvalue weighted by atomic mass is 16.5. The predicted octanol–water partition coefficient (Wildman–Crippen LogP) is 1.76. The third-order valence-corrected chi connectivity index (χ3v) is 3.73. The molecule has 0 aliphatic carbocycles. The number of benzene rings is 1. The first kappa shape index (κ1) is 13.7. The highest BCUT2D eigenvalue weighted by molar-refractivity contribution is 5.93. The van der Waals surface area contributed by atoms with Crippen LogP contribution in [0.5, 0.6) is 0 Å². The van der Waals surface area contributed by atoms with Crippen LogP contribution < -0.4 is 5.48 Å². The van der Waals surface area contributed by atoms with Gasteiger partial charge in [0.05, 0.1) is 5.56 Å². The second-order valence-electron chi connectivity index (χ2n) is 5.22. The van der Waals surface area contributed by atoms with Crippen molar-refractivity contribution in [2.24, 2.45) is 0 Å². The Labute approximate surface area is 123 Å². The average Bonchev–Trinajstić information content (AvgIpc) is 2.54. The molecule has 0 unspecified atom stereocenters. The zero-order valence-electron chi connectivity index (χ0n) is 11.6. The van der Waals surface area contributed by atoms with Gasteiger partial charge in [0, 0.05) is 37.9 Å². The van der Waals surface area contributed by atoms with E-state index in [1.165, 1.54) is 11.8 Å². The maximum Gasteiger partial charge on any atom is 0.276 e. The second-order valence-corrected chi connectivity index (χ2v) is 5.22. The molecule has 1 aromatic carbocycles. The number of nitrogens with one attached hydrogen (secondary N) is 1. The van der Waals surface area contributed by atoms with Crippen LogP contribution in [0.3, 0.4) is 0 Å². The van der Waals surface area contributed by atoms with Crippen LogP contribution in [-0.2, 0) is 19.5 Å². The minimum Gasteiger partial charge on any atom is -0.294 e. The molecule has 2 heterocycles. The van der Waals surface area contributed by atoms with Crippen LogP contribution in [0.1, 0.15) is 27.2 Å². The molecule has 0 atom stereocenters. The summed E-state index contributed by atoms with van der Waals surface area (Å²) in [5.74, 6) is -0.523. The fourth-order valence-corrected chi connectivity index (χ4v) is 2.65. The smallest absolute Gasteiger partial charge is 0.276 e. The lowest BCUT2D eigenvalue weighted by Crippen LogP contribution is -2.31. The Morgan fingerprint density at radius 3 is 2.90 bits per heavy atom. The number of pyridine rings is 1. The van der Waals surface area contributed by atoms with Gasteiger partial charge in [-0.2, -0.15) is 0 Å². The van der Waals surface area contributed by atoms with Crippen molar-refractivity contribution in [2.45, 2.75) is 19.5 Å². The molecular weight excluding hydrogens is 266 g/mol. The van der Waals surface area contributed by atoms with Gasteiger partial charge >= 0.3 is 0 Å². The Kier molecular flexibility index (Phi) is 3.94. The lowest BCUT2D eigenvalue weighted by molar-refractivity contribution is 0.0705. The molecule has 1 aromatic heterocycles. The number of hydroxylamine groups is 1. The van der Waals surface area contributed by atoms with E-state index >= 15 is 0 Å². The van der Waals surface area contributed by atoms with Crippen LogP contribution in [0.15, 0.2) is 42.6 Å². The lowest BCUT2D eigenvalue weighted by Gasteiger charge is -2.28. The van der Waals surface area contributed by atoms with E-state index in [4.69, 9.17) is 5.21 Å². The topological polar surface area (TPSA) is 65.5 Å². The Hall–Kier alpha value is -2.24. The van der Waals surface area contributed by atoms with Gasteiger partial charge in [-0.05, 0) is 17.2 Å². The first-order valence-corrected chi connectivity index (χ1v) is 6.95. The van der Waals surface area contributed by atoms with Gasteiger partial charge in [0.25, 0.3) is 5.91 Å². The number of rotatable bonds is 3. The highest BCUT2D eigenvalue weighted by Gasteiger charge is 2.19. The zero-order valence-corrected chi connectivity index (χ0v) is 11.6. The van der Waals surface area contributed by atoms with Gasteiger partial charge in [-0.25, -0.2) is 5.48 Å². The van der Waals surface area contributed by atoms with Gasteiger partial charge in [0.1, 0.15) is 0 Å². The predicted molar refractivity (Wildman–Crippen MR) is 77.7 cm³/mol. The number of amides is 1. The van der Waals surface area contributed by atoms with Crippen molar-refractivity contribution in [3.05, 3.63) is 65.0 Å². The van der Waals surface area contributed by atoms with Gasteiger partial charge in [0.15, 0.2) is 0 Å². The molecule has 21 heavy (non-hydrogen) atoms. The fraction of sp³-hybridized carbons (Fsp3) is 0.250. The van der Waals surface area contributed by atoms with Gasteiger partial charge in [-0.1, -0.05) is 30.3 Å². The second kappa shape index (κ2) is 6.03. The largest absolute Gasteiger partial charge is 0.294 e. The van der Waals surface area contributed by atoms with Crippen molar-refractivity contribution in [3.8, 4) is 0 Å². The Balaban J connectivity index is 1.76. The first-order chi connectivity index (χ1) is 10.3. The van der Waals surface area contributed by atoms with Crippen molar-refractivity contribution in [2.75, 3.05) is 6.54 Å². The van der Waals surface area contributed by atoms with Crippen molar-refractivity contribution < 1.29 is 10.0 Å². The molecular formula is C16H17N3O2. The Bertz CT molecular complexity index is 643. The highest BCUT2D eigenvalue weighted by Crippen LogP contribution is 2.20. The summed E-state index contributed by atoms with van der Waals surface area (Å²) in [5.41, 5.74) is 5.40. The van der Waals surface area contributed by atoms with Crippen LogP contribution in [0.25, 0.3) is 0 Å². The first-order valence-electron chi connectivity index (χ1n) is 6.95. The minimum absolute atomic E-state index is 0.387. The third kappa shape index (κ3) is 3.09. The molecule has 5 nitrogen and oxygen atoms in total. The molecule has 0 spiro atoms. The van der Waals surface area contributed by atoms with E-state index < -0.39 is 5.91 Å². The van der Waals surface area contributed by atoms with E-state index in [0.29, 0.717) is 5.56 Å². The number of nitrogens with zero attached hydrogens (tertiary/aromatic N) is 2. The molecule has 0 saturated carbocycles. The number of fused-ring (bicyclic) bond motifs is 1. The van der Waals surface area contributed by atoms with Gasteiger partial charge in [-0.15, -0.1) is 0 Å². The van der Waals surface area contributed by atoms with E-state index in [2.05, 4.69) is 22.0 Å². The van der Waals surface area contributed by atoms with Crippen LogP contribution in [0.2, 0.25) is 0 Å². The Morgan fingerprint density at radius 2 is 2.14 bits per heavy atom. The molecule has 0 radical (unpaired) electrons. The number of carbonyl (C=O) groups is 1. The number of hydrogen-bond acceptors (Lipinski definition) is 4. The summed E-state index contributed by atoms with van der Waals surface area (Å²) in [4.78, 5) is 18.1. The van der Waals surface area contributed by atoms with Crippen LogP contribution in [-0.4, -0.2) is 27.5 Å². The number of hydrogen-bond donors (Lipinski definition) is 2. The van der Waals surface area contributed by atoms with E-state index in [-0.39, 0.29) is 0 Å². The SMILES string of the molecule is O=C(NO)c1cnc2c(c1)CN(Cc1ccccc1)CC2. The van der Waals surface area contributed by atoms with Gasteiger partial charge in [-0.3, -0.25) is 19.9 Å². The maximum absolute atomic E-state index is 11.5. The molecule has 3 rings (SSSR count). The Morgan fingerprint density at radius 1 is 1.33 bits per heavy atom. The van der Waals surface area contributed by atoms with Crippen LogP contribution in [0.4, 0.5) is 0 Å². The molecule has 108 valence electrons. The average molecular weight is 283 g/mol. The third-order valence-electron chi connectivity index (χ3n) is 3.73. The lowest BCUT2D eigenvalue weighted by atomic mass is 10.0. The van der Waals surface area contributed by atoms with E-state index in [1.807, 2.05) is 24.3 Å². The van der Waals surface area contributed by atoms with E-state index in [0.717, 1.165) is 37.3 Å². The molecule has 1 amide bonds. The normalized spacial score (nSPS) is 14.5. The van der Waals surface area contributed by atoms with Crippen molar-refractivity contribution in [1.82, 2.24) is 15.4 Å². The number of aromatic nitrogens is 1.